The van der Waals surface area contributed by atoms with E-state index in [1.807, 2.05) is 54.7 Å². The summed E-state index contributed by atoms with van der Waals surface area (Å²) < 4.78 is 17.6. The molecule has 0 saturated heterocycles. The second kappa shape index (κ2) is 11.0. The van der Waals surface area contributed by atoms with Gasteiger partial charge in [0.1, 0.15) is 0 Å². The van der Waals surface area contributed by atoms with Crippen LogP contribution in [0.15, 0.2) is 84.1 Å². The summed E-state index contributed by atoms with van der Waals surface area (Å²) >= 11 is 0. The molecule has 1 N–H and O–H groups in total. The Morgan fingerprint density at radius 1 is 0.971 bits per heavy atom. The standard InChI is InChI=1S/C27H25N3O5/c1-33-24-12-5-6-13-25(24)35-18-26(31)29-28-15-21-17-30(23-11-4-3-10-22(21)23)16-19-8-7-9-20(14-19)27(32)34-2/h3-15,17H,16,18H2,1-2H3,(H,29,31)/b28-15+. The molecule has 0 aliphatic carbocycles. The zero-order chi connectivity index (χ0) is 24.6. The van der Waals surface area contributed by atoms with Crippen molar-refractivity contribution in [2.24, 2.45) is 5.10 Å². The molecule has 1 heterocycles. The van der Waals surface area contributed by atoms with Crippen molar-refractivity contribution in [2.45, 2.75) is 6.54 Å². The van der Waals surface area contributed by atoms with Crippen LogP contribution in [-0.4, -0.2) is 43.5 Å². The number of carbonyl (C=O) groups excluding carboxylic acids is 2. The summed E-state index contributed by atoms with van der Waals surface area (Å²) in [7, 11) is 2.91. The van der Waals surface area contributed by atoms with Crippen LogP contribution in [0.2, 0.25) is 0 Å². The van der Waals surface area contributed by atoms with E-state index in [9.17, 15) is 9.59 Å². The highest BCUT2D eigenvalue weighted by atomic mass is 16.5. The first-order chi connectivity index (χ1) is 17.1. The van der Waals surface area contributed by atoms with E-state index in [0.717, 1.165) is 22.0 Å². The summed E-state index contributed by atoms with van der Waals surface area (Å²) in [6.45, 7) is 0.355. The fourth-order valence-electron chi connectivity index (χ4n) is 3.71. The zero-order valence-electron chi connectivity index (χ0n) is 19.4. The van der Waals surface area contributed by atoms with Crippen LogP contribution in [-0.2, 0) is 16.1 Å². The van der Waals surface area contributed by atoms with Crippen LogP contribution in [0.1, 0.15) is 21.5 Å². The topological polar surface area (TPSA) is 91.2 Å². The van der Waals surface area contributed by atoms with Crippen molar-refractivity contribution < 1.29 is 23.8 Å². The molecule has 0 atom stereocenters. The molecular weight excluding hydrogens is 446 g/mol. The van der Waals surface area contributed by atoms with E-state index in [1.165, 1.54) is 7.11 Å². The van der Waals surface area contributed by atoms with Gasteiger partial charge in [-0.05, 0) is 35.9 Å². The Morgan fingerprint density at radius 3 is 2.54 bits per heavy atom. The highest BCUT2D eigenvalue weighted by Crippen LogP contribution is 2.25. The number of amides is 1. The van der Waals surface area contributed by atoms with Gasteiger partial charge in [0.15, 0.2) is 18.1 Å². The van der Waals surface area contributed by atoms with E-state index in [0.29, 0.717) is 23.6 Å². The Balaban J connectivity index is 1.45. The van der Waals surface area contributed by atoms with Crippen molar-refractivity contribution in [3.8, 4) is 11.5 Å². The molecule has 0 unspecified atom stereocenters. The fraction of sp³-hybridized carbons (Fsp3) is 0.148. The van der Waals surface area contributed by atoms with Gasteiger partial charge >= 0.3 is 5.97 Å². The Labute approximate surface area is 202 Å². The van der Waals surface area contributed by atoms with Crippen LogP contribution in [0.4, 0.5) is 0 Å². The molecule has 178 valence electrons. The van der Waals surface area contributed by atoms with Gasteiger partial charge in [-0.3, -0.25) is 4.79 Å². The zero-order valence-corrected chi connectivity index (χ0v) is 19.4. The molecule has 8 nitrogen and oxygen atoms in total. The van der Waals surface area contributed by atoms with Gasteiger partial charge in [0, 0.05) is 29.2 Å². The van der Waals surface area contributed by atoms with Crippen molar-refractivity contribution >= 4 is 29.0 Å². The molecular formula is C27H25N3O5. The number of fused-ring (bicyclic) bond motifs is 1. The van der Waals surface area contributed by atoms with E-state index in [-0.39, 0.29) is 12.6 Å². The van der Waals surface area contributed by atoms with Crippen LogP contribution in [0.5, 0.6) is 11.5 Å². The van der Waals surface area contributed by atoms with Gasteiger partial charge in [-0.25, -0.2) is 10.2 Å². The second-order valence-electron chi connectivity index (χ2n) is 7.65. The number of nitrogens with zero attached hydrogens (tertiary/aromatic N) is 2. The lowest BCUT2D eigenvalue weighted by atomic mass is 10.1. The van der Waals surface area contributed by atoms with Crippen LogP contribution < -0.4 is 14.9 Å². The Kier molecular flexibility index (Phi) is 7.42. The van der Waals surface area contributed by atoms with Gasteiger partial charge in [0.05, 0.1) is 26.0 Å². The lowest BCUT2D eigenvalue weighted by molar-refractivity contribution is -0.123. The van der Waals surface area contributed by atoms with Gasteiger partial charge in [-0.1, -0.05) is 42.5 Å². The molecule has 35 heavy (non-hydrogen) atoms. The number of hydrazone groups is 1. The van der Waals surface area contributed by atoms with Gasteiger partial charge in [-0.2, -0.15) is 5.10 Å². The Morgan fingerprint density at radius 2 is 1.74 bits per heavy atom. The summed E-state index contributed by atoms with van der Waals surface area (Å²) in [6.07, 6.45) is 3.56. The largest absolute Gasteiger partial charge is 0.493 e. The maximum absolute atomic E-state index is 12.2. The first-order valence-corrected chi connectivity index (χ1v) is 10.9. The summed E-state index contributed by atoms with van der Waals surface area (Å²) in [5.74, 6) is 0.264. The third-order valence-corrected chi connectivity index (χ3v) is 5.34. The molecule has 4 aromatic rings. The summed E-state index contributed by atoms with van der Waals surface area (Å²) in [5.41, 5.74) is 5.80. The quantitative estimate of drug-likeness (QED) is 0.226. The number of benzene rings is 3. The minimum atomic E-state index is -0.393. The van der Waals surface area contributed by atoms with E-state index in [4.69, 9.17) is 14.2 Å². The number of ether oxygens (including phenoxy) is 3. The first kappa shape index (κ1) is 23.6. The highest BCUT2D eigenvalue weighted by molar-refractivity contribution is 5.99. The molecule has 0 saturated carbocycles. The molecule has 0 spiro atoms. The molecule has 0 aliphatic heterocycles. The van der Waals surface area contributed by atoms with E-state index in [2.05, 4.69) is 15.1 Å². The smallest absolute Gasteiger partial charge is 0.337 e. The van der Waals surface area contributed by atoms with E-state index in [1.54, 1.807) is 37.6 Å². The second-order valence-corrected chi connectivity index (χ2v) is 7.65. The van der Waals surface area contributed by atoms with Crippen molar-refractivity contribution in [3.63, 3.8) is 0 Å². The van der Waals surface area contributed by atoms with Crippen molar-refractivity contribution in [1.82, 2.24) is 9.99 Å². The minimum Gasteiger partial charge on any atom is -0.493 e. The van der Waals surface area contributed by atoms with Crippen molar-refractivity contribution in [2.75, 3.05) is 20.8 Å². The van der Waals surface area contributed by atoms with Gasteiger partial charge in [-0.15, -0.1) is 0 Å². The third-order valence-electron chi connectivity index (χ3n) is 5.34. The third kappa shape index (κ3) is 5.67. The van der Waals surface area contributed by atoms with Crippen LogP contribution >= 0.6 is 0 Å². The monoisotopic (exact) mass is 471 g/mol. The molecule has 4 rings (SSSR count). The van der Waals surface area contributed by atoms with E-state index >= 15 is 0 Å². The molecule has 8 heteroatoms. The maximum atomic E-state index is 12.2. The molecule has 0 bridgehead atoms. The first-order valence-electron chi connectivity index (χ1n) is 10.9. The number of aromatic nitrogens is 1. The summed E-state index contributed by atoms with van der Waals surface area (Å²) in [4.78, 5) is 24.1. The van der Waals surface area contributed by atoms with Crippen molar-refractivity contribution in [1.29, 1.82) is 0 Å². The van der Waals surface area contributed by atoms with Gasteiger partial charge < -0.3 is 18.8 Å². The number of carbonyl (C=O) groups is 2. The lowest BCUT2D eigenvalue weighted by Gasteiger charge is -2.09. The maximum Gasteiger partial charge on any atom is 0.337 e. The van der Waals surface area contributed by atoms with Crippen molar-refractivity contribution in [3.05, 3.63) is 95.7 Å². The van der Waals surface area contributed by atoms with Crippen LogP contribution in [0, 0.1) is 0 Å². The number of hydrogen-bond acceptors (Lipinski definition) is 6. The molecule has 0 fully saturated rings. The predicted molar refractivity (Wildman–Crippen MR) is 133 cm³/mol. The molecule has 3 aromatic carbocycles. The lowest BCUT2D eigenvalue weighted by Crippen LogP contribution is -2.24. The Hall–Kier alpha value is -4.59. The molecule has 1 aromatic heterocycles. The number of nitrogens with one attached hydrogen (secondary N) is 1. The summed E-state index contributed by atoms with van der Waals surface area (Å²) in [6, 6.07) is 22.3. The number of rotatable bonds is 9. The molecule has 1 amide bonds. The SMILES string of the molecule is COC(=O)c1cccc(Cn2cc(/C=N/NC(=O)COc3ccccc3OC)c3ccccc32)c1. The average molecular weight is 472 g/mol. The van der Waals surface area contributed by atoms with Crippen LogP contribution in [0.25, 0.3) is 10.9 Å². The number of methoxy groups -OCH3 is 2. The normalized spacial score (nSPS) is 10.9. The number of para-hydroxylation sites is 3. The van der Waals surface area contributed by atoms with Gasteiger partial charge in [0.25, 0.3) is 5.91 Å². The molecule has 0 radical (unpaired) electrons. The molecule has 0 aliphatic rings. The Bertz CT molecular complexity index is 1380. The fourth-order valence-corrected chi connectivity index (χ4v) is 3.71. The average Bonchev–Trinajstić information content (AvgIpc) is 3.24. The summed E-state index contributed by atoms with van der Waals surface area (Å²) in [5, 5.41) is 5.09. The van der Waals surface area contributed by atoms with Gasteiger partial charge in [0.2, 0.25) is 0 Å². The highest BCUT2D eigenvalue weighted by Gasteiger charge is 2.10. The van der Waals surface area contributed by atoms with Crippen LogP contribution in [0.3, 0.4) is 0 Å². The number of esters is 1. The predicted octanol–water partition coefficient (Wildman–Crippen LogP) is 4.01. The number of hydrogen-bond donors (Lipinski definition) is 1. The van der Waals surface area contributed by atoms with E-state index < -0.39 is 5.91 Å². The minimum absolute atomic E-state index is 0.198.